The number of hydrogen-bond donors (Lipinski definition) is 1. The van der Waals surface area contributed by atoms with Gasteiger partial charge in [0.1, 0.15) is 11.5 Å². The topological polar surface area (TPSA) is 63.6 Å². The monoisotopic (exact) mass is 360 g/mol. The Bertz CT molecular complexity index is 702. The number of rotatable bonds is 2. The Balaban J connectivity index is 1.53. The van der Waals surface area contributed by atoms with E-state index in [-0.39, 0.29) is 17.3 Å². The van der Waals surface area contributed by atoms with Crippen LogP contribution in [0.2, 0.25) is 0 Å². The molecule has 9 atom stereocenters. The Morgan fingerprint density at radius 1 is 1.00 bits per heavy atom. The third kappa shape index (κ3) is 1.73. The fraction of sp³-hybridized carbons (Fsp3) is 0.909. The number of ether oxygens (including phenoxy) is 1. The van der Waals surface area contributed by atoms with E-state index < -0.39 is 17.5 Å². The van der Waals surface area contributed by atoms with Crippen molar-refractivity contribution in [2.75, 3.05) is 0 Å². The first-order valence-corrected chi connectivity index (χ1v) is 10.5. The molecule has 4 bridgehead atoms. The second-order valence-corrected chi connectivity index (χ2v) is 11.1. The first kappa shape index (κ1) is 17.1. The van der Waals surface area contributed by atoms with Crippen LogP contribution < -0.4 is 0 Å². The standard InChI is InChI=1S/C22H32O4/c1-12(23)26-17-6-7-19(2)15(21(17,4)18(24)25)5-8-22-10-14-13(9-16(19)22)20(14,3)11-22/h13-17H,5-11H2,1-4H3,(H,24,25). The molecule has 26 heavy (non-hydrogen) atoms. The average molecular weight is 360 g/mol. The van der Waals surface area contributed by atoms with Gasteiger partial charge in [-0.05, 0) is 91.8 Å². The van der Waals surface area contributed by atoms with E-state index in [0.717, 1.165) is 24.7 Å². The molecule has 6 saturated carbocycles. The zero-order valence-electron chi connectivity index (χ0n) is 16.5. The van der Waals surface area contributed by atoms with E-state index >= 15 is 0 Å². The second kappa shape index (κ2) is 4.67. The van der Waals surface area contributed by atoms with Gasteiger partial charge in [0.25, 0.3) is 0 Å². The Morgan fingerprint density at radius 3 is 2.31 bits per heavy atom. The van der Waals surface area contributed by atoms with Crippen LogP contribution in [0.5, 0.6) is 0 Å². The molecule has 144 valence electrons. The highest BCUT2D eigenvalue weighted by Crippen LogP contribution is 2.85. The lowest BCUT2D eigenvalue weighted by Gasteiger charge is -2.65. The van der Waals surface area contributed by atoms with Gasteiger partial charge in [-0.25, -0.2) is 0 Å². The van der Waals surface area contributed by atoms with Gasteiger partial charge in [0.2, 0.25) is 0 Å². The fourth-order valence-electron chi connectivity index (χ4n) is 9.18. The molecule has 4 heteroatoms. The lowest BCUT2D eigenvalue weighted by atomic mass is 9.39. The van der Waals surface area contributed by atoms with Gasteiger partial charge in [-0.2, -0.15) is 0 Å². The lowest BCUT2D eigenvalue weighted by Crippen LogP contribution is -2.63. The molecule has 0 saturated heterocycles. The van der Waals surface area contributed by atoms with Crippen LogP contribution in [0.4, 0.5) is 0 Å². The van der Waals surface area contributed by atoms with Crippen molar-refractivity contribution in [3.05, 3.63) is 0 Å². The molecule has 0 aromatic rings. The molecule has 1 spiro atoms. The number of aliphatic carboxylic acids is 1. The predicted molar refractivity (Wildman–Crippen MR) is 96.2 cm³/mol. The van der Waals surface area contributed by atoms with Crippen molar-refractivity contribution in [1.29, 1.82) is 0 Å². The Labute approximate surface area is 156 Å². The molecule has 4 nitrogen and oxygen atoms in total. The number of carboxylic acids is 1. The van der Waals surface area contributed by atoms with Gasteiger partial charge in [0, 0.05) is 6.92 Å². The van der Waals surface area contributed by atoms with E-state index in [0.29, 0.717) is 23.2 Å². The fourth-order valence-corrected chi connectivity index (χ4v) is 9.18. The van der Waals surface area contributed by atoms with Crippen LogP contribution in [-0.4, -0.2) is 23.1 Å². The summed E-state index contributed by atoms with van der Waals surface area (Å²) in [4.78, 5) is 24.1. The van der Waals surface area contributed by atoms with Crippen molar-refractivity contribution in [1.82, 2.24) is 0 Å². The van der Waals surface area contributed by atoms with E-state index in [1.54, 1.807) is 0 Å². The molecule has 0 heterocycles. The maximum Gasteiger partial charge on any atom is 0.313 e. The highest BCUT2D eigenvalue weighted by Gasteiger charge is 2.79. The first-order valence-electron chi connectivity index (χ1n) is 10.5. The molecule has 6 fully saturated rings. The van der Waals surface area contributed by atoms with Crippen LogP contribution in [0, 0.1) is 45.3 Å². The van der Waals surface area contributed by atoms with Gasteiger partial charge in [-0.1, -0.05) is 13.8 Å². The van der Waals surface area contributed by atoms with Crippen LogP contribution >= 0.6 is 0 Å². The van der Waals surface area contributed by atoms with Crippen molar-refractivity contribution < 1.29 is 19.4 Å². The van der Waals surface area contributed by atoms with E-state index in [4.69, 9.17) is 4.74 Å². The summed E-state index contributed by atoms with van der Waals surface area (Å²) >= 11 is 0. The Kier molecular flexibility index (Phi) is 3.07. The summed E-state index contributed by atoms with van der Waals surface area (Å²) in [7, 11) is 0. The maximum atomic E-state index is 12.4. The van der Waals surface area contributed by atoms with Crippen LogP contribution in [0.3, 0.4) is 0 Å². The molecule has 6 aliphatic rings. The summed E-state index contributed by atoms with van der Waals surface area (Å²) in [5.74, 6) is 1.45. The van der Waals surface area contributed by atoms with E-state index in [1.165, 1.54) is 32.6 Å². The van der Waals surface area contributed by atoms with Gasteiger partial charge < -0.3 is 9.84 Å². The zero-order chi connectivity index (χ0) is 18.7. The van der Waals surface area contributed by atoms with E-state index in [1.807, 2.05) is 6.92 Å². The second-order valence-electron chi connectivity index (χ2n) is 11.1. The van der Waals surface area contributed by atoms with Crippen LogP contribution in [-0.2, 0) is 14.3 Å². The van der Waals surface area contributed by atoms with Crippen molar-refractivity contribution in [2.45, 2.75) is 78.7 Å². The smallest absolute Gasteiger partial charge is 0.313 e. The number of hydrogen-bond acceptors (Lipinski definition) is 3. The molecule has 0 amide bonds. The van der Waals surface area contributed by atoms with Gasteiger partial charge in [-0.3, -0.25) is 9.59 Å². The molecule has 6 rings (SSSR count). The summed E-state index contributed by atoms with van der Waals surface area (Å²) in [6, 6.07) is 0. The number of carbonyl (C=O) groups is 2. The molecule has 9 unspecified atom stereocenters. The minimum absolute atomic E-state index is 0.0664. The minimum Gasteiger partial charge on any atom is -0.481 e. The molecule has 0 aromatic heterocycles. The summed E-state index contributed by atoms with van der Waals surface area (Å²) in [6.45, 7) is 8.14. The SMILES string of the molecule is CC(=O)OC1CCC2(C)C3CC4C5CC3(CCC2C1(C)C(=O)O)CC45C. The number of esters is 1. The molecular formula is C22H32O4. The van der Waals surface area contributed by atoms with Crippen molar-refractivity contribution in [3.63, 3.8) is 0 Å². The highest BCUT2D eigenvalue weighted by atomic mass is 16.5. The summed E-state index contributed by atoms with van der Waals surface area (Å²) < 4.78 is 5.56. The van der Waals surface area contributed by atoms with Crippen molar-refractivity contribution in [3.8, 4) is 0 Å². The molecular weight excluding hydrogens is 328 g/mol. The largest absolute Gasteiger partial charge is 0.481 e. The number of fused-ring (bicyclic) bond motifs is 1. The molecule has 0 aromatic carbocycles. The lowest BCUT2D eigenvalue weighted by molar-refractivity contribution is -0.217. The maximum absolute atomic E-state index is 12.4. The summed E-state index contributed by atoms with van der Waals surface area (Å²) in [5.41, 5.74) is 0.169. The Morgan fingerprint density at radius 2 is 1.73 bits per heavy atom. The number of carboxylic acid groups (broad SMARTS) is 1. The van der Waals surface area contributed by atoms with Crippen molar-refractivity contribution in [2.24, 2.45) is 45.3 Å². The third-order valence-corrected chi connectivity index (χ3v) is 10.3. The van der Waals surface area contributed by atoms with Crippen LogP contribution in [0.25, 0.3) is 0 Å². The summed E-state index contributed by atoms with van der Waals surface area (Å²) in [6.07, 6.45) is 7.41. The van der Waals surface area contributed by atoms with E-state index in [2.05, 4.69) is 13.8 Å². The summed E-state index contributed by atoms with van der Waals surface area (Å²) in [5, 5.41) is 10.2. The molecule has 6 aliphatic carbocycles. The first-order chi connectivity index (χ1) is 12.1. The average Bonchev–Trinajstić information content (AvgIpc) is 3.00. The van der Waals surface area contributed by atoms with Gasteiger partial charge >= 0.3 is 11.9 Å². The van der Waals surface area contributed by atoms with Crippen molar-refractivity contribution >= 4 is 11.9 Å². The number of carbonyl (C=O) groups excluding carboxylic acids is 1. The predicted octanol–water partition coefficient (Wildman–Crippen LogP) is 4.27. The third-order valence-electron chi connectivity index (χ3n) is 10.3. The highest BCUT2D eigenvalue weighted by molar-refractivity contribution is 5.77. The van der Waals surface area contributed by atoms with Gasteiger partial charge in [0.15, 0.2) is 0 Å². The quantitative estimate of drug-likeness (QED) is 0.747. The molecule has 0 aliphatic heterocycles. The molecule has 0 radical (unpaired) electrons. The zero-order valence-corrected chi connectivity index (χ0v) is 16.5. The Hall–Kier alpha value is -1.06. The molecule has 1 N–H and O–H groups in total. The van der Waals surface area contributed by atoms with E-state index in [9.17, 15) is 14.7 Å². The van der Waals surface area contributed by atoms with Gasteiger partial charge in [-0.15, -0.1) is 0 Å². The van der Waals surface area contributed by atoms with Crippen LogP contribution in [0.1, 0.15) is 72.6 Å². The van der Waals surface area contributed by atoms with Gasteiger partial charge in [0.05, 0.1) is 0 Å². The minimum atomic E-state index is -0.965. The van der Waals surface area contributed by atoms with Crippen LogP contribution in [0.15, 0.2) is 0 Å². The normalized spacial score (nSPS) is 59.2.